The molecule has 0 unspecified atom stereocenters. The molecule has 0 fully saturated rings. The summed E-state index contributed by atoms with van der Waals surface area (Å²) in [6.45, 7) is 0.261. The van der Waals surface area contributed by atoms with Crippen LogP contribution in [-0.4, -0.2) is 11.8 Å². The zero-order valence-corrected chi connectivity index (χ0v) is 10.9. The lowest BCUT2D eigenvalue weighted by Gasteiger charge is -2.09. The van der Waals surface area contributed by atoms with E-state index in [0.29, 0.717) is 11.5 Å². The largest absolute Gasteiger partial charge is 0.454 e. The molecule has 5 nitrogen and oxygen atoms in total. The molecule has 0 aliphatic carbocycles. The molecule has 0 saturated heterocycles. The highest BCUT2D eigenvalue weighted by molar-refractivity contribution is 9.10. The monoisotopic (exact) mass is 307 g/mol. The molecule has 92 valence electrons. The molecule has 1 aromatic carbocycles. The summed E-state index contributed by atoms with van der Waals surface area (Å²) in [5.74, 6) is 2.07. The summed E-state index contributed by atoms with van der Waals surface area (Å²) in [6.07, 6.45) is 1.69. The van der Waals surface area contributed by atoms with Gasteiger partial charge in [0.2, 0.25) is 6.79 Å². The van der Waals surface area contributed by atoms with Crippen molar-refractivity contribution in [2.45, 2.75) is 0 Å². The number of hydrogen-bond acceptors (Lipinski definition) is 5. The number of anilines is 3. The normalized spacial score (nSPS) is 12.5. The Morgan fingerprint density at radius 1 is 1.22 bits per heavy atom. The van der Waals surface area contributed by atoms with Gasteiger partial charge < -0.3 is 20.5 Å². The molecule has 1 aromatic heterocycles. The molecule has 0 spiro atoms. The number of fused-ring (bicyclic) bond motifs is 1. The molecule has 2 heterocycles. The van der Waals surface area contributed by atoms with E-state index in [-0.39, 0.29) is 6.79 Å². The fraction of sp³-hybridized carbons (Fsp3) is 0.0833. The molecule has 0 radical (unpaired) electrons. The van der Waals surface area contributed by atoms with Crippen LogP contribution >= 0.6 is 15.9 Å². The minimum absolute atomic E-state index is 0.261. The Balaban J connectivity index is 1.88. The van der Waals surface area contributed by atoms with Crippen LogP contribution < -0.4 is 20.5 Å². The van der Waals surface area contributed by atoms with E-state index in [2.05, 4.69) is 26.2 Å². The van der Waals surface area contributed by atoms with Crippen molar-refractivity contribution in [3.05, 3.63) is 34.9 Å². The number of ether oxygens (including phenoxy) is 2. The number of pyridine rings is 1. The van der Waals surface area contributed by atoms with Crippen molar-refractivity contribution in [1.82, 2.24) is 4.98 Å². The highest BCUT2D eigenvalue weighted by Gasteiger charge is 2.13. The van der Waals surface area contributed by atoms with Gasteiger partial charge in [-0.1, -0.05) is 0 Å². The quantitative estimate of drug-likeness (QED) is 0.893. The van der Waals surface area contributed by atoms with Gasteiger partial charge in [-0.05, 0) is 34.1 Å². The van der Waals surface area contributed by atoms with Gasteiger partial charge in [-0.3, -0.25) is 0 Å². The summed E-state index contributed by atoms with van der Waals surface area (Å²) < 4.78 is 11.4. The van der Waals surface area contributed by atoms with Crippen LogP contribution in [0.15, 0.2) is 34.9 Å². The number of nitrogens with two attached hydrogens (primary N) is 1. The maximum Gasteiger partial charge on any atom is 0.231 e. The Kier molecular flexibility index (Phi) is 2.71. The number of nitrogen functional groups attached to an aromatic ring is 1. The van der Waals surface area contributed by atoms with E-state index < -0.39 is 0 Å². The minimum Gasteiger partial charge on any atom is -0.454 e. The van der Waals surface area contributed by atoms with Crippen molar-refractivity contribution in [3.8, 4) is 11.5 Å². The van der Waals surface area contributed by atoms with Gasteiger partial charge in [0.1, 0.15) is 0 Å². The Morgan fingerprint density at radius 3 is 2.89 bits per heavy atom. The fourth-order valence-corrected chi connectivity index (χ4v) is 2.02. The number of rotatable bonds is 2. The van der Waals surface area contributed by atoms with Crippen LogP contribution in [0, 0.1) is 0 Å². The van der Waals surface area contributed by atoms with Crippen LogP contribution in [0.25, 0.3) is 0 Å². The number of nitrogens with one attached hydrogen (secondary N) is 1. The van der Waals surface area contributed by atoms with Crippen molar-refractivity contribution in [1.29, 1.82) is 0 Å². The van der Waals surface area contributed by atoms with Crippen molar-refractivity contribution in [2.24, 2.45) is 0 Å². The first-order chi connectivity index (χ1) is 8.72. The SMILES string of the molecule is Nc1cc(Br)cnc1Nc1ccc2c(c1)OCO2. The topological polar surface area (TPSA) is 69.4 Å². The van der Waals surface area contributed by atoms with Gasteiger partial charge in [0.25, 0.3) is 0 Å². The van der Waals surface area contributed by atoms with Crippen LogP contribution in [0.1, 0.15) is 0 Å². The predicted molar refractivity (Wildman–Crippen MR) is 72.2 cm³/mol. The molecular weight excluding hydrogens is 298 g/mol. The maximum absolute atomic E-state index is 5.87. The second kappa shape index (κ2) is 4.38. The van der Waals surface area contributed by atoms with Crippen LogP contribution in [0.4, 0.5) is 17.2 Å². The second-order valence-corrected chi connectivity index (χ2v) is 4.70. The van der Waals surface area contributed by atoms with E-state index >= 15 is 0 Å². The standard InChI is InChI=1S/C12H10BrN3O2/c13-7-3-9(14)12(15-5-7)16-8-1-2-10-11(4-8)18-6-17-10/h1-5H,6,14H2,(H,15,16). The minimum atomic E-state index is 0.261. The first-order valence-electron chi connectivity index (χ1n) is 5.30. The third-order valence-corrected chi connectivity index (χ3v) is 2.95. The molecule has 3 N–H and O–H groups in total. The lowest BCUT2D eigenvalue weighted by atomic mass is 10.2. The number of aromatic nitrogens is 1. The number of halogens is 1. The van der Waals surface area contributed by atoms with E-state index in [4.69, 9.17) is 15.2 Å². The molecule has 0 saturated carbocycles. The van der Waals surface area contributed by atoms with Crippen LogP contribution in [0.3, 0.4) is 0 Å². The molecule has 0 amide bonds. The van der Waals surface area contributed by atoms with E-state index in [1.165, 1.54) is 0 Å². The van der Waals surface area contributed by atoms with E-state index in [9.17, 15) is 0 Å². The first-order valence-corrected chi connectivity index (χ1v) is 6.09. The molecule has 1 aliphatic rings. The van der Waals surface area contributed by atoms with Gasteiger partial charge in [0, 0.05) is 22.4 Å². The average Bonchev–Trinajstić information content (AvgIpc) is 2.80. The van der Waals surface area contributed by atoms with Crippen molar-refractivity contribution >= 4 is 33.1 Å². The summed E-state index contributed by atoms with van der Waals surface area (Å²) >= 11 is 3.32. The molecule has 0 atom stereocenters. The van der Waals surface area contributed by atoms with Gasteiger partial charge >= 0.3 is 0 Å². The highest BCUT2D eigenvalue weighted by Crippen LogP contribution is 2.35. The third-order valence-electron chi connectivity index (χ3n) is 2.52. The number of nitrogens with zero attached hydrogens (tertiary/aromatic N) is 1. The third kappa shape index (κ3) is 2.06. The molecule has 1 aliphatic heterocycles. The van der Waals surface area contributed by atoms with Gasteiger partial charge in [-0.25, -0.2) is 4.98 Å². The Labute approximate surface area is 112 Å². The molecular formula is C12H10BrN3O2. The summed E-state index contributed by atoms with van der Waals surface area (Å²) in [6, 6.07) is 7.38. The number of benzene rings is 1. The second-order valence-electron chi connectivity index (χ2n) is 3.78. The van der Waals surface area contributed by atoms with E-state index in [0.717, 1.165) is 21.7 Å². The van der Waals surface area contributed by atoms with Gasteiger partial charge in [-0.2, -0.15) is 0 Å². The molecule has 18 heavy (non-hydrogen) atoms. The lowest BCUT2D eigenvalue weighted by Crippen LogP contribution is -1.98. The lowest BCUT2D eigenvalue weighted by molar-refractivity contribution is 0.174. The molecule has 2 aromatic rings. The average molecular weight is 308 g/mol. The fourth-order valence-electron chi connectivity index (χ4n) is 1.67. The van der Waals surface area contributed by atoms with Gasteiger partial charge in [0.15, 0.2) is 17.3 Å². The Hall–Kier alpha value is -1.95. The summed E-state index contributed by atoms with van der Waals surface area (Å²) in [4.78, 5) is 4.21. The van der Waals surface area contributed by atoms with Crippen LogP contribution in [0.2, 0.25) is 0 Å². The zero-order valence-electron chi connectivity index (χ0n) is 9.31. The predicted octanol–water partition coefficient (Wildman–Crippen LogP) is 2.90. The van der Waals surface area contributed by atoms with Crippen molar-refractivity contribution < 1.29 is 9.47 Å². The van der Waals surface area contributed by atoms with E-state index in [1.807, 2.05) is 18.2 Å². The molecule has 6 heteroatoms. The van der Waals surface area contributed by atoms with Crippen LogP contribution in [-0.2, 0) is 0 Å². The van der Waals surface area contributed by atoms with E-state index in [1.54, 1.807) is 12.3 Å². The Bertz CT molecular complexity index is 604. The molecule has 3 rings (SSSR count). The van der Waals surface area contributed by atoms with Crippen molar-refractivity contribution in [3.63, 3.8) is 0 Å². The summed E-state index contributed by atoms with van der Waals surface area (Å²) in [5.41, 5.74) is 7.29. The maximum atomic E-state index is 5.87. The first kappa shape index (κ1) is 11.2. The van der Waals surface area contributed by atoms with Gasteiger partial charge in [-0.15, -0.1) is 0 Å². The number of hydrogen-bond donors (Lipinski definition) is 2. The zero-order chi connectivity index (χ0) is 12.5. The summed E-state index contributed by atoms with van der Waals surface area (Å²) in [5, 5.41) is 3.14. The summed E-state index contributed by atoms with van der Waals surface area (Å²) in [7, 11) is 0. The van der Waals surface area contributed by atoms with Crippen LogP contribution in [0.5, 0.6) is 11.5 Å². The Morgan fingerprint density at radius 2 is 2.06 bits per heavy atom. The van der Waals surface area contributed by atoms with Gasteiger partial charge in [0.05, 0.1) is 5.69 Å². The smallest absolute Gasteiger partial charge is 0.231 e. The highest BCUT2D eigenvalue weighted by atomic mass is 79.9. The molecule has 0 bridgehead atoms. The van der Waals surface area contributed by atoms with Crippen molar-refractivity contribution in [2.75, 3.05) is 17.8 Å².